The first kappa shape index (κ1) is 10.0. The second-order valence-electron chi connectivity index (χ2n) is 3.07. The second kappa shape index (κ2) is 3.58. The molecule has 0 atom stereocenters. The van der Waals surface area contributed by atoms with E-state index in [0.29, 0.717) is 23.5 Å². The molecule has 0 saturated heterocycles. The minimum atomic E-state index is -0.106. The van der Waals surface area contributed by atoms with E-state index in [0.717, 1.165) is 0 Å². The van der Waals surface area contributed by atoms with Gasteiger partial charge in [-0.3, -0.25) is 4.79 Å². The van der Waals surface area contributed by atoms with Gasteiger partial charge in [-0.05, 0) is 6.92 Å². The summed E-state index contributed by atoms with van der Waals surface area (Å²) < 4.78 is 1.73. The number of imidazole rings is 1. The molecule has 0 aliphatic rings. The number of carbonyl (C=O) groups excluding carboxylic acids is 1. The number of halogens is 1. The van der Waals surface area contributed by atoms with Gasteiger partial charge in [0.25, 0.3) is 0 Å². The summed E-state index contributed by atoms with van der Waals surface area (Å²) in [6.07, 6.45) is 1.36. The van der Waals surface area contributed by atoms with E-state index < -0.39 is 0 Å². The molecule has 0 fully saturated rings. The molecule has 0 bridgehead atoms. The van der Waals surface area contributed by atoms with Crippen molar-refractivity contribution in [3.8, 4) is 0 Å². The number of fused-ring (bicyclic) bond motifs is 1. The fraction of sp³-hybridized carbons (Fsp3) is 0.333. The molecule has 0 aromatic carbocycles. The summed E-state index contributed by atoms with van der Waals surface area (Å²) in [4.78, 5) is 23.4. The van der Waals surface area contributed by atoms with Crippen molar-refractivity contribution < 1.29 is 4.79 Å². The van der Waals surface area contributed by atoms with E-state index in [2.05, 4.69) is 15.0 Å². The van der Waals surface area contributed by atoms with Crippen LogP contribution < -0.4 is 0 Å². The smallest absolute Gasteiger partial charge is 0.195 e. The highest BCUT2D eigenvalue weighted by molar-refractivity contribution is 6.33. The van der Waals surface area contributed by atoms with Gasteiger partial charge in [0, 0.05) is 13.5 Å². The number of Topliss-reactive ketones (excluding diaryl/α,β-unsaturated/α-hetero) is 1. The number of carbonyl (C=O) groups is 1. The Morgan fingerprint density at radius 2 is 2.27 bits per heavy atom. The molecule has 0 amide bonds. The maximum atomic E-state index is 11.3. The summed E-state index contributed by atoms with van der Waals surface area (Å²) in [6.45, 7) is 4.01. The Morgan fingerprint density at radius 3 is 2.87 bits per heavy atom. The van der Waals surface area contributed by atoms with E-state index >= 15 is 0 Å². The summed E-state index contributed by atoms with van der Waals surface area (Å²) >= 11 is 5.87. The van der Waals surface area contributed by atoms with Crippen LogP contribution in [-0.2, 0) is 6.54 Å². The van der Waals surface area contributed by atoms with Crippen LogP contribution in [0.3, 0.4) is 0 Å². The Morgan fingerprint density at radius 1 is 1.53 bits per heavy atom. The number of aromatic nitrogens is 4. The van der Waals surface area contributed by atoms with Gasteiger partial charge >= 0.3 is 0 Å². The van der Waals surface area contributed by atoms with Crippen LogP contribution in [0.2, 0.25) is 5.15 Å². The molecule has 5 nitrogen and oxygen atoms in total. The fourth-order valence-corrected chi connectivity index (χ4v) is 1.65. The minimum absolute atomic E-state index is 0.106. The van der Waals surface area contributed by atoms with E-state index in [4.69, 9.17) is 11.6 Å². The molecule has 0 unspecified atom stereocenters. The van der Waals surface area contributed by atoms with Crippen LogP contribution in [0.25, 0.3) is 11.2 Å². The van der Waals surface area contributed by atoms with Gasteiger partial charge in [0.2, 0.25) is 0 Å². The Labute approximate surface area is 91.1 Å². The Kier molecular flexibility index (Phi) is 2.40. The molecule has 78 valence electrons. The van der Waals surface area contributed by atoms with Crippen LogP contribution >= 0.6 is 11.6 Å². The van der Waals surface area contributed by atoms with Crippen molar-refractivity contribution in [2.45, 2.75) is 20.4 Å². The SMILES string of the molecule is CCn1c(C(C)=O)nc2c(Cl)ncnc21. The lowest BCUT2D eigenvalue weighted by Crippen LogP contribution is -2.06. The number of rotatable bonds is 2. The van der Waals surface area contributed by atoms with Crippen molar-refractivity contribution in [3.63, 3.8) is 0 Å². The van der Waals surface area contributed by atoms with E-state index in [9.17, 15) is 4.79 Å². The van der Waals surface area contributed by atoms with Gasteiger partial charge in [0.15, 0.2) is 22.4 Å². The van der Waals surface area contributed by atoms with Gasteiger partial charge in [-0.2, -0.15) is 0 Å². The quantitative estimate of drug-likeness (QED) is 0.576. The molecule has 0 radical (unpaired) electrons. The van der Waals surface area contributed by atoms with E-state index in [-0.39, 0.29) is 10.9 Å². The molecule has 2 aromatic heterocycles. The van der Waals surface area contributed by atoms with Crippen molar-refractivity contribution in [2.75, 3.05) is 0 Å². The molecular formula is C9H9ClN4O. The molecule has 2 rings (SSSR count). The average Bonchev–Trinajstić information content (AvgIpc) is 2.57. The highest BCUT2D eigenvalue weighted by Crippen LogP contribution is 2.19. The van der Waals surface area contributed by atoms with Gasteiger partial charge in [0.05, 0.1) is 0 Å². The molecule has 6 heteroatoms. The maximum absolute atomic E-state index is 11.3. The number of aryl methyl sites for hydroxylation is 1. The highest BCUT2D eigenvalue weighted by atomic mass is 35.5. The second-order valence-corrected chi connectivity index (χ2v) is 3.43. The molecule has 0 spiro atoms. The van der Waals surface area contributed by atoms with Crippen molar-refractivity contribution in [1.29, 1.82) is 0 Å². The lowest BCUT2D eigenvalue weighted by atomic mass is 10.4. The first-order valence-electron chi connectivity index (χ1n) is 4.52. The normalized spacial score (nSPS) is 10.9. The minimum Gasteiger partial charge on any atom is -0.306 e. The maximum Gasteiger partial charge on any atom is 0.195 e. The monoisotopic (exact) mass is 224 g/mol. The first-order valence-corrected chi connectivity index (χ1v) is 4.90. The Balaban J connectivity index is 2.84. The Bertz CT molecular complexity index is 534. The predicted octanol–water partition coefficient (Wildman–Crippen LogP) is 1.70. The number of nitrogens with zero attached hydrogens (tertiary/aromatic N) is 4. The van der Waals surface area contributed by atoms with Gasteiger partial charge in [-0.25, -0.2) is 15.0 Å². The van der Waals surface area contributed by atoms with Crippen LogP contribution in [0.4, 0.5) is 0 Å². The average molecular weight is 225 g/mol. The fourth-order valence-electron chi connectivity index (χ4n) is 1.48. The number of ketones is 1. The molecule has 2 heterocycles. The molecule has 0 aliphatic carbocycles. The molecule has 2 aromatic rings. The van der Waals surface area contributed by atoms with Gasteiger partial charge < -0.3 is 4.57 Å². The number of hydrogen-bond donors (Lipinski definition) is 0. The topological polar surface area (TPSA) is 60.7 Å². The van der Waals surface area contributed by atoms with E-state index in [1.165, 1.54) is 13.3 Å². The first-order chi connectivity index (χ1) is 7.15. The zero-order valence-corrected chi connectivity index (χ0v) is 9.12. The van der Waals surface area contributed by atoms with Gasteiger partial charge in [-0.15, -0.1) is 0 Å². The third kappa shape index (κ3) is 1.48. The van der Waals surface area contributed by atoms with Crippen molar-refractivity contribution in [1.82, 2.24) is 19.5 Å². The zero-order valence-electron chi connectivity index (χ0n) is 8.36. The van der Waals surface area contributed by atoms with Crippen molar-refractivity contribution >= 4 is 28.5 Å². The largest absolute Gasteiger partial charge is 0.306 e. The molecular weight excluding hydrogens is 216 g/mol. The lowest BCUT2D eigenvalue weighted by Gasteiger charge is -2.00. The molecule has 0 N–H and O–H groups in total. The molecule has 0 saturated carbocycles. The summed E-state index contributed by atoms with van der Waals surface area (Å²) in [5.41, 5.74) is 1.08. The van der Waals surface area contributed by atoms with Crippen LogP contribution in [0.15, 0.2) is 6.33 Å². The summed E-state index contributed by atoms with van der Waals surface area (Å²) in [6, 6.07) is 0. The zero-order chi connectivity index (χ0) is 11.0. The van der Waals surface area contributed by atoms with Crippen LogP contribution in [0.1, 0.15) is 24.5 Å². The van der Waals surface area contributed by atoms with Crippen LogP contribution in [0.5, 0.6) is 0 Å². The van der Waals surface area contributed by atoms with Crippen molar-refractivity contribution in [3.05, 3.63) is 17.3 Å². The highest BCUT2D eigenvalue weighted by Gasteiger charge is 2.16. The summed E-state index contributed by atoms with van der Waals surface area (Å²) in [7, 11) is 0. The lowest BCUT2D eigenvalue weighted by molar-refractivity contribution is 0.1000. The van der Waals surface area contributed by atoms with Crippen molar-refractivity contribution in [2.24, 2.45) is 0 Å². The third-order valence-electron chi connectivity index (χ3n) is 2.12. The predicted molar refractivity (Wildman–Crippen MR) is 56.0 cm³/mol. The third-order valence-corrected chi connectivity index (χ3v) is 2.40. The molecule has 0 aliphatic heterocycles. The van der Waals surface area contributed by atoms with Gasteiger partial charge in [-0.1, -0.05) is 11.6 Å². The van der Waals surface area contributed by atoms with E-state index in [1.807, 2.05) is 6.92 Å². The van der Waals surface area contributed by atoms with Crippen LogP contribution in [0, 0.1) is 0 Å². The van der Waals surface area contributed by atoms with Crippen LogP contribution in [-0.4, -0.2) is 25.3 Å². The number of hydrogen-bond acceptors (Lipinski definition) is 4. The Hall–Kier alpha value is -1.49. The standard InChI is InChI=1S/C9H9ClN4O/c1-3-14-8(5(2)15)13-6-7(10)11-4-12-9(6)14/h4H,3H2,1-2H3. The van der Waals surface area contributed by atoms with E-state index in [1.54, 1.807) is 4.57 Å². The summed E-state index contributed by atoms with van der Waals surface area (Å²) in [5, 5.41) is 0.273. The van der Waals surface area contributed by atoms with Gasteiger partial charge in [0.1, 0.15) is 11.8 Å². The molecule has 15 heavy (non-hydrogen) atoms. The summed E-state index contributed by atoms with van der Waals surface area (Å²) in [5.74, 6) is 0.265.